The van der Waals surface area contributed by atoms with Crippen LogP contribution in [-0.4, -0.2) is 27.6 Å². The Bertz CT molecular complexity index is 789. The molecule has 0 aliphatic heterocycles. The molecular formula is C18H20F3N3O. The summed E-state index contributed by atoms with van der Waals surface area (Å²) in [6, 6.07) is 4.80. The molecule has 134 valence electrons. The zero-order valence-corrected chi connectivity index (χ0v) is 14.6. The van der Waals surface area contributed by atoms with Crippen LogP contribution in [0.25, 0.3) is 6.08 Å². The summed E-state index contributed by atoms with van der Waals surface area (Å²) in [5.74, 6) is -0.234. The molecule has 0 fully saturated rings. The summed E-state index contributed by atoms with van der Waals surface area (Å²) in [7, 11) is 3.44. The van der Waals surface area contributed by atoms with E-state index < -0.39 is 11.7 Å². The molecule has 0 bridgehead atoms. The van der Waals surface area contributed by atoms with Crippen LogP contribution in [-0.2, 0) is 24.6 Å². The first-order valence-electron chi connectivity index (χ1n) is 7.69. The average Bonchev–Trinajstić information content (AvgIpc) is 2.77. The van der Waals surface area contributed by atoms with E-state index in [1.165, 1.54) is 23.1 Å². The topological polar surface area (TPSA) is 38.1 Å². The van der Waals surface area contributed by atoms with Gasteiger partial charge in [-0.25, -0.2) is 0 Å². The molecule has 0 spiro atoms. The summed E-state index contributed by atoms with van der Waals surface area (Å²) in [4.78, 5) is 13.7. The summed E-state index contributed by atoms with van der Waals surface area (Å²) in [5, 5.41) is 4.28. The van der Waals surface area contributed by atoms with Gasteiger partial charge >= 0.3 is 6.18 Å². The zero-order chi connectivity index (χ0) is 18.8. The van der Waals surface area contributed by atoms with Crippen molar-refractivity contribution in [1.29, 1.82) is 0 Å². The van der Waals surface area contributed by atoms with E-state index in [0.717, 1.165) is 29.1 Å². The van der Waals surface area contributed by atoms with Crippen LogP contribution in [0.3, 0.4) is 0 Å². The van der Waals surface area contributed by atoms with Crippen molar-refractivity contribution in [3.8, 4) is 0 Å². The van der Waals surface area contributed by atoms with Gasteiger partial charge in [0, 0.05) is 38.0 Å². The number of hydrogen-bond donors (Lipinski definition) is 0. The molecule has 0 saturated carbocycles. The minimum atomic E-state index is -4.36. The highest BCUT2D eigenvalue weighted by atomic mass is 19.4. The maximum atomic E-state index is 12.6. The van der Waals surface area contributed by atoms with Gasteiger partial charge in [-0.2, -0.15) is 18.3 Å². The van der Waals surface area contributed by atoms with Crippen molar-refractivity contribution >= 4 is 12.0 Å². The average molecular weight is 351 g/mol. The molecule has 25 heavy (non-hydrogen) atoms. The van der Waals surface area contributed by atoms with Crippen LogP contribution in [0.5, 0.6) is 0 Å². The molecule has 0 atom stereocenters. The zero-order valence-electron chi connectivity index (χ0n) is 14.6. The number of alkyl halides is 3. The summed E-state index contributed by atoms with van der Waals surface area (Å²) in [6.45, 7) is 4.01. The lowest BCUT2D eigenvalue weighted by Crippen LogP contribution is -2.24. The van der Waals surface area contributed by atoms with Crippen molar-refractivity contribution in [2.45, 2.75) is 26.6 Å². The molecule has 1 aromatic carbocycles. The molecule has 7 heteroatoms. The molecule has 0 saturated heterocycles. The Hall–Kier alpha value is -2.57. The predicted molar refractivity (Wildman–Crippen MR) is 89.6 cm³/mol. The lowest BCUT2D eigenvalue weighted by Gasteiger charge is -2.16. The quantitative estimate of drug-likeness (QED) is 0.788. The minimum Gasteiger partial charge on any atom is -0.338 e. The van der Waals surface area contributed by atoms with Crippen LogP contribution in [0.4, 0.5) is 13.2 Å². The molecule has 0 aliphatic rings. The second-order valence-electron chi connectivity index (χ2n) is 5.93. The van der Waals surface area contributed by atoms with E-state index in [4.69, 9.17) is 0 Å². The molecule has 0 N–H and O–H groups in total. The number of carbonyl (C=O) groups excluding carboxylic acids is 1. The highest BCUT2D eigenvalue weighted by Crippen LogP contribution is 2.29. The molecule has 0 aliphatic carbocycles. The van der Waals surface area contributed by atoms with Gasteiger partial charge in [-0.05, 0) is 37.6 Å². The first-order valence-corrected chi connectivity index (χ1v) is 7.69. The van der Waals surface area contributed by atoms with Gasteiger partial charge in [-0.1, -0.05) is 12.1 Å². The number of aryl methyl sites for hydroxylation is 2. The van der Waals surface area contributed by atoms with E-state index in [9.17, 15) is 18.0 Å². The lowest BCUT2D eigenvalue weighted by atomic mass is 10.1. The molecule has 2 rings (SSSR count). The van der Waals surface area contributed by atoms with Crippen molar-refractivity contribution in [3.05, 3.63) is 58.4 Å². The van der Waals surface area contributed by atoms with E-state index in [2.05, 4.69) is 5.10 Å². The highest BCUT2D eigenvalue weighted by molar-refractivity contribution is 5.91. The molecule has 1 aromatic heterocycles. The number of carbonyl (C=O) groups is 1. The molecule has 1 heterocycles. The molecule has 4 nitrogen and oxygen atoms in total. The second kappa shape index (κ2) is 7.13. The van der Waals surface area contributed by atoms with Crippen molar-refractivity contribution in [2.24, 2.45) is 7.05 Å². The summed E-state index contributed by atoms with van der Waals surface area (Å²) in [5.41, 5.74) is 2.60. The largest absolute Gasteiger partial charge is 0.416 e. The fourth-order valence-electron chi connectivity index (χ4n) is 2.46. The number of benzene rings is 1. The Morgan fingerprint density at radius 3 is 2.32 bits per heavy atom. The van der Waals surface area contributed by atoms with Crippen LogP contribution >= 0.6 is 0 Å². The van der Waals surface area contributed by atoms with E-state index in [0.29, 0.717) is 5.56 Å². The van der Waals surface area contributed by atoms with Gasteiger partial charge in [0.1, 0.15) is 0 Å². The number of hydrogen-bond acceptors (Lipinski definition) is 2. The van der Waals surface area contributed by atoms with Crippen molar-refractivity contribution in [1.82, 2.24) is 14.7 Å². The number of halogens is 3. The van der Waals surface area contributed by atoms with Gasteiger partial charge in [0.25, 0.3) is 0 Å². The summed E-state index contributed by atoms with van der Waals surface area (Å²) >= 11 is 0. The van der Waals surface area contributed by atoms with Gasteiger partial charge in [-0.15, -0.1) is 0 Å². The van der Waals surface area contributed by atoms with E-state index in [1.54, 1.807) is 17.8 Å². The normalized spacial score (nSPS) is 12.0. The first kappa shape index (κ1) is 18.8. The Kier molecular flexibility index (Phi) is 5.35. The van der Waals surface area contributed by atoms with Crippen molar-refractivity contribution in [3.63, 3.8) is 0 Å². The monoisotopic (exact) mass is 351 g/mol. The third-order valence-corrected chi connectivity index (χ3v) is 4.03. The Balaban J connectivity index is 2.04. The number of nitrogens with zero attached hydrogens (tertiary/aromatic N) is 3. The fraction of sp³-hybridized carbons (Fsp3) is 0.333. The van der Waals surface area contributed by atoms with Gasteiger partial charge in [0.2, 0.25) is 5.91 Å². The Labute approximate surface area is 144 Å². The molecular weight excluding hydrogens is 331 g/mol. The van der Waals surface area contributed by atoms with Gasteiger partial charge in [0.05, 0.1) is 11.3 Å². The molecule has 0 radical (unpaired) electrons. The summed E-state index contributed by atoms with van der Waals surface area (Å²) < 4.78 is 39.4. The Morgan fingerprint density at radius 1 is 1.24 bits per heavy atom. The molecule has 1 amide bonds. The van der Waals surface area contributed by atoms with E-state index >= 15 is 0 Å². The van der Waals surface area contributed by atoms with Crippen LogP contribution in [0.1, 0.15) is 28.1 Å². The van der Waals surface area contributed by atoms with E-state index in [1.807, 2.05) is 20.9 Å². The highest BCUT2D eigenvalue weighted by Gasteiger charge is 2.29. The standard InChI is InChI=1S/C18H20F3N3O/c1-12-16(13(2)24(4)22-12)9-10-17(25)23(3)11-14-5-7-15(8-6-14)18(19,20)21/h5-10H,11H2,1-4H3. The number of rotatable bonds is 4. The van der Waals surface area contributed by atoms with Crippen LogP contribution in [0.15, 0.2) is 30.3 Å². The SMILES string of the molecule is Cc1nn(C)c(C)c1C=CC(=O)N(C)Cc1ccc(C(F)(F)F)cc1. The van der Waals surface area contributed by atoms with Crippen molar-refractivity contribution < 1.29 is 18.0 Å². The number of likely N-dealkylation sites (N-methyl/N-ethyl adjacent to an activating group) is 1. The van der Waals surface area contributed by atoms with Gasteiger partial charge < -0.3 is 4.90 Å². The second-order valence-corrected chi connectivity index (χ2v) is 5.93. The maximum Gasteiger partial charge on any atom is 0.416 e. The third kappa shape index (κ3) is 4.49. The summed E-state index contributed by atoms with van der Waals surface area (Å²) in [6.07, 6.45) is -1.20. The smallest absolute Gasteiger partial charge is 0.338 e. The number of amides is 1. The van der Waals surface area contributed by atoms with E-state index in [-0.39, 0.29) is 12.5 Å². The van der Waals surface area contributed by atoms with Crippen LogP contribution in [0.2, 0.25) is 0 Å². The fourth-order valence-corrected chi connectivity index (χ4v) is 2.46. The number of aromatic nitrogens is 2. The minimum absolute atomic E-state index is 0.228. The van der Waals surface area contributed by atoms with Gasteiger partial charge in [-0.3, -0.25) is 9.48 Å². The maximum absolute atomic E-state index is 12.6. The molecule has 0 unspecified atom stereocenters. The van der Waals surface area contributed by atoms with Crippen LogP contribution in [0, 0.1) is 13.8 Å². The Morgan fingerprint density at radius 2 is 1.84 bits per heavy atom. The van der Waals surface area contributed by atoms with Crippen LogP contribution < -0.4 is 0 Å². The van der Waals surface area contributed by atoms with Gasteiger partial charge in [0.15, 0.2) is 0 Å². The third-order valence-electron chi connectivity index (χ3n) is 4.03. The first-order chi connectivity index (χ1) is 11.6. The lowest BCUT2D eigenvalue weighted by molar-refractivity contribution is -0.137. The predicted octanol–water partition coefficient (Wildman–Crippen LogP) is 3.73. The molecule has 2 aromatic rings. The van der Waals surface area contributed by atoms with Crippen molar-refractivity contribution in [2.75, 3.05) is 7.05 Å².